The molecule has 0 bridgehead atoms. The number of amides is 1. The Morgan fingerprint density at radius 2 is 1.96 bits per heavy atom. The molecule has 2 N–H and O–H groups in total. The van der Waals surface area contributed by atoms with Gasteiger partial charge in [-0.2, -0.15) is 0 Å². The van der Waals surface area contributed by atoms with Gasteiger partial charge in [-0.15, -0.1) is 0 Å². The van der Waals surface area contributed by atoms with Crippen molar-refractivity contribution < 1.29 is 14.3 Å². The zero-order valence-corrected chi connectivity index (χ0v) is 14.8. The molecule has 2 aromatic rings. The van der Waals surface area contributed by atoms with E-state index in [0.717, 1.165) is 18.5 Å². The van der Waals surface area contributed by atoms with E-state index in [1.54, 1.807) is 30.3 Å². The molecule has 4 nitrogen and oxygen atoms in total. The van der Waals surface area contributed by atoms with Crippen LogP contribution in [0.4, 0.5) is 4.39 Å². The van der Waals surface area contributed by atoms with Crippen molar-refractivity contribution in [3.63, 3.8) is 0 Å². The Bertz CT molecular complexity index is 802. The van der Waals surface area contributed by atoms with Crippen LogP contribution < -0.4 is 5.32 Å². The quantitative estimate of drug-likeness (QED) is 0.866. The number of rotatable bonds is 5. The van der Waals surface area contributed by atoms with Crippen LogP contribution in [-0.2, 0) is 11.3 Å². The van der Waals surface area contributed by atoms with Gasteiger partial charge in [0.05, 0.1) is 6.04 Å². The summed E-state index contributed by atoms with van der Waals surface area (Å²) in [6.07, 6.45) is 2.96. The summed E-state index contributed by atoms with van der Waals surface area (Å²) >= 11 is 0. The molecule has 1 aliphatic heterocycles. The standard InChI is InChI=1S/C21H23FN2O2/c1-15(21(26)23-14-18-4-2-3-5-20(18)22)24-12-10-17(11-13-24)16-6-8-19(25)9-7-16/h2-10,15,25H,11-14H2,1H3,(H,23,26)/t15-/m1/s1. The van der Waals surface area contributed by atoms with Gasteiger partial charge in [-0.1, -0.05) is 36.4 Å². The van der Waals surface area contributed by atoms with Crippen LogP contribution in [0.5, 0.6) is 5.75 Å². The predicted molar refractivity (Wildman–Crippen MR) is 100.0 cm³/mol. The maximum absolute atomic E-state index is 13.6. The third-order valence-corrected chi connectivity index (χ3v) is 4.82. The number of hydrogen-bond donors (Lipinski definition) is 2. The summed E-state index contributed by atoms with van der Waals surface area (Å²) in [6, 6.07) is 13.4. The molecule has 0 aliphatic carbocycles. The highest BCUT2D eigenvalue weighted by atomic mass is 19.1. The summed E-state index contributed by atoms with van der Waals surface area (Å²) in [4.78, 5) is 14.5. The Labute approximate surface area is 153 Å². The molecule has 2 aromatic carbocycles. The summed E-state index contributed by atoms with van der Waals surface area (Å²) in [7, 11) is 0. The minimum atomic E-state index is -0.306. The lowest BCUT2D eigenvalue weighted by atomic mass is 9.98. The third-order valence-electron chi connectivity index (χ3n) is 4.82. The van der Waals surface area contributed by atoms with Crippen LogP contribution in [-0.4, -0.2) is 35.0 Å². The Morgan fingerprint density at radius 3 is 2.62 bits per heavy atom. The fraction of sp³-hybridized carbons (Fsp3) is 0.286. The van der Waals surface area contributed by atoms with E-state index in [4.69, 9.17) is 0 Å². The molecule has 1 atom stereocenters. The third kappa shape index (κ3) is 4.29. The first-order valence-corrected chi connectivity index (χ1v) is 8.78. The number of phenols is 1. The van der Waals surface area contributed by atoms with Crippen molar-refractivity contribution in [1.82, 2.24) is 10.2 Å². The van der Waals surface area contributed by atoms with Crippen molar-refractivity contribution in [3.05, 3.63) is 71.6 Å². The maximum Gasteiger partial charge on any atom is 0.237 e. The Balaban J connectivity index is 1.55. The van der Waals surface area contributed by atoms with Crippen molar-refractivity contribution in [2.75, 3.05) is 13.1 Å². The van der Waals surface area contributed by atoms with Crippen LogP contribution in [0.2, 0.25) is 0 Å². The number of phenolic OH excluding ortho intramolecular Hbond substituents is 1. The van der Waals surface area contributed by atoms with Gasteiger partial charge >= 0.3 is 0 Å². The van der Waals surface area contributed by atoms with E-state index in [1.807, 2.05) is 19.1 Å². The molecule has 0 saturated heterocycles. The summed E-state index contributed by atoms with van der Waals surface area (Å²) in [5, 5.41) is 12.2. The first kappa shape index (κ1) is 18.1. The molecule has 0 unspecified atom stereocenters. The van der Waals surface area contributed by atoms with Crippen LogP contribution in [0.25, 0.3) is 5.57 Å². The van der Waals surface area contributed by atoms with E-state index in [1.165, 1.54) is 11.6 Å². The molecule has 0 spiro atoms. The second kappa shape index (κ2) is 8.15. The number of carbonyl (C=O) groups excluding carboxylic acids is 1. The number of carbonyl (C=O) groups is 1. The van der Waals surface area contributed by atoms with Crippen LogP contribution in [0.1, 0.15) is 24.5 Å². The Hall–Kier alpha value is -2.66. The van der Waals surface area contributed by atoms with Crippen LogP contribution in [0.15, 0.2) is 54.6 Å². The number of halogens is 1. The van der Waals surface area contributed by atoms with Gasteiger partial charge in [-0.05, 0) is 42.7 Å². The second-order valence-electron chi connectivity index (χ2n) is 6.51. The van der Waals surface area contributed by atoms with Crippen molar-refractivity contribution in [2.45, 2.75) is 25.9 Å². The molecule has 1 aliphatic rings. The molecule has 0 fully saturated rings. The minimum Gasteiger partial charge on any atom is -0.508 e. The fourth-order valence-electron chi connectivity index (χ4n) is 3.11. The SMILES string of the molecule is C[C@H](C(=O)NCc1ccccc1F)N1CC=C(c2ccc(O)cc2)CC1. The van der Waals surface area contributed by atoms with Crippen molar-refractivity contribution in [3.8, 4) is 5.75 Å². The van der Waals surface area contributed by atoms with Crippen molar-refractivity contribution in [2.24, 2.45) is 0 Å². The molecule has 3 rings (SSSR count). The first-order valence-electron chi connectivity index (χ1n) is 8.78. The number of benzene rings is 2. The Kier molecular flexibility index (Phi) is 5.68. The average Bonchev–Trinajstić information content (AvgIpc) is 2.67. The monoisotopic (exact) mass is 354 g/mol. The van der Waals surface area contributed by atoms with Crippen LogP contribution in [0, 0.1) is 5.82 Å². The van der Waals surface area contributed by atoms with E-state index in [0.29, 0.717) is 12.1 Å². The fourth-order valence-corrected chi connectivity index (χ4v) is 3.11. The van der Waals surface area contributed by atoms with E-state index in [9.17, 15) is 14.3 Å². The molecule has 0 radical (unpaired) electrons. The predicted octanol–water partition coefficient (Wildman–Crippen LogP) is 3.33. The molecule has 1 amide bonds. The van der Waals surface area contributed by atoms with E-state index in [-0.39, 0.29) is 30.1 Å². The normalized spacial score (nSPS) is 16.0. The lowest BCUT2D eigenvalue weighted by Gasteiger charge is -2.31. The highest BCUT2D eigenvalue weighted by Gasteiger charge is 2.23. The first-order chi connectivity index (χ1) is 12.5. The number of aromatic hydroxyl groups is 1. The summed E-state index contributed by atoms with van der Waals surface area (Å²) < 4.78 is 13.6. The van der Waals surface area contributed by atoms with E-state index in [2.05, 4.69) is 16.3 Å². The van der Waals surface area contributed by atoms with E-state index >= 15 is 0 Å². The van der Waals surface area contributed by atoms with Gasteiger partial charge in [-0.25, -0.2) is 4.39 Å². The summed E-state index contributed by atoms with van der Waals surface area (Å²) in [6.45, 7) is 3.53. The maximum atomic E-state index is 13.6. The molecule has 5 heteroatoms. The van der Waals surface area contributed by atoms with Gasteiger partial charge in [-0.3, -0.25) is 9.69 Å². The van der Waals surface area contributed by atoms with Crippen molar-refractivity contribution >= 4 is 11.5 Å². The zero-order valence-electron chi connectivity index (χ0n) is 14.8. The highest BCUT2D eigenvalue weighted by molar-refractivity contribution is 5.81. The average molecular weight is 354 g/mol. The highest BCUT2D eigenvalue weighted by Crippen LogP contribution is 2.24. The van der Waals surface area contributed by atoms with Gasteiger partial charge in [0.15, 0.2) is 0 Å². The summed E-state index contributed by atoms with van der Waals surface area (Å²) in [5.41, 5.74) is 2.81. The summed E-state index contributed by atoms with van der Waals surface area (Å²) in [5.74, 6) is -0.151. The van der Waals surface area contributed by atoms with Gasteiger partial charge in [0.25, 0.3) is 0 Å². The van der Waals surface area contributed by atoms with Gasteiger partial charge in [0, 0.05) is 25.2 Å². The molecule has 26 heavy (non-hydrogen) atoms. The topological polar surface area (TPSA) is 52.6 Å². The minimum absolute atomic E-state index is 0.102. The smallest absolute Gasteiger partial charge is 0.237 e. The number of hydrogen-bond acceptors (Lipinski definition) is 3. The lowest BCUT2D eigenvalue weighted by Crippen LogP contribution is -2.46. The van der Waals surface area contributed by atoms with Crippen LogP contribution >= 0.6 is 0 Å². The van der Waals surface area contributed by atoms with Gasteiger partial charge in [0.2, 0.25) is 5.91 Å². The van der Waals surface area contributed by atoms with E-state index < -0.39 is 0 Å². The molecule has 1 heterocycles. The number of nitrogens with one attached hydrogen (secondary N) is 1. The lowest BCUT2D eigenvalue weighted by molar-refractivity contribution is -0.125. The molecular weight excluding hydrogens is 331 g/mol. The van der Waals surface area contributed by atoms with Crippen molar-refractivity contribution in [1.29, 1.82) is 0 Å². The number of nitrogens with zero attached hydrogens (tertiary/aromatic N) is 1. The van der Waals surface area contributed by atoms with Gasteiger partial charge < -0.3 is 10.4 Å². The molecular formula is C21H23FN2O2. The van der Waals surface area contributed by atoms with Gasteiger partial charge in [0.1, 0.15) is 11.6 Å². The largest absolute Gasteiger partial charge is 0.508 e. The molecule has 136 valence electrons. The molecule has 0 saturated carbocycles. The second-order valence-corrected chi connectivity index (χ2v) is 6.51. The Morgan fingerprint density at radius 1 is 1.23 bits per heavy atom. The molecule has 0 aromatic heterocycles. The zero-order chi connectivity index (χ0) is 18.5. The van der Waals surface area contributed by atoms with Crippen LogP contribution in [0.3, 0.4) is 0 Å².